The molecular formula is C12H16N2O2S. The molecule has 0 aliphatic heterocycles. The Morgan fingerprint density at radius 3 is 2.71 bits per heavy atom. The van der Waals surface area contributed by atoms with E-state index in [1.54, 1.807) is 18.7 Å². The van der Waals surface area contributed by atoms with E-state index >= 15 is 0 Å². The Morgan fingerprint density at radius 1 is 1.41 bits per heavy atom. The van der Waals surface area contributed by atoms with Crippen LogP contribution in [0.1, 0.15) is 12.5 Å². The topological polar surface area (TPSA) is 64.7 Å². The van der Waals surface area contributed by atoms with Crippen molar-refractivity contribution in [1.29, 1.82) is 0 Å². The molecule has 0 amide bonds. The molecule has 92 valence electrons. The molecule has 0 spiro atoms. The number of carbonyl (C=O) groups excluding carboxylic acids is 1. The van der Waals surface area contributed by atoms with E-state index in [0.717, 1.165) is 5.75 Å². The van der Waals surface area contributed by atoms with Gasteiger partial charge in [0.25, 0.3) is 0 Å². The maximum Gasteiger partial charge on any atom is 0.355 e. The predicted octanol–water partition coefficient (Wildman–Crippen LogP) is 1.80. The standard InChI is InChI=1S/C12H16N2O2S/c1-2-16-12(15)11(14-13)9-17-8-10-6-4-3-5-7-10/h3-7H,2,8-9,13H2,1H3/b14-11+. The highest BCUT2D eigenvalue weighted by Gasteiger charge is 2.12. The number of esters is 1. The number of nitrogens with two attached hydrogens (primary N) is 1. The molecule has 0 saturated carbocycles. The summed E-state index contributed by atoms with van der Waals surface area (Å²) in [5.41, 5.74) is 1.48. The Bertz CT molecular complexity index is 379. The minimum absolute atomic E-state index is 0.271. The largest absolute Gasteiger partial charge is 0.461 e. The van der Waals surface area contributed by atoms with Crippen molar-refractivity contribution >= 4 is 23.4 Å². The average molecular weight is 252 g/mol. The Hall–Kier alpha value is -1.49. The molecule has 4 nitrogen and oxygen atoms in total. The van der Waals surface area contributed by atoms with E-state index in [2.05, 4.69) is 5.10 Å². The normalized spacial score (nSPS) is 11.2. The number of rotatable bonds is 6. The lowest BCUT2D eigenvalue weighted by atomic mass is 10.2. The van der Waals surface area contributed by atoms with Crippen molar-refractivity contribution in [2.45, 2.75) is 12.7 Å². The molecule has 1 aromatic carbocycles. The first-order valence-corrected chi connectivity index (χ1v) is 6.49. The van der Waals surface area contributed by atoms with Crippen molar-refractivity contribution in [3.05, 3.63) is 35.9 Å². The molecule has 0 aliphatic carbocycles. The van der Waals surface area contributed by atoms with Crippen molar-refractivity contribution in [3.63, 3.8) is 0 Å². The molecule has 0 unspecified atom stereocenters. The number of hydrogen-bond donors (Lipinski definition) is 1. The van der Waals surface area contributed by atoms with Gasteiger partial charge in [-0.1, -0.05) is 30.3 Å². The number of carbonyl (C=O) groups is 1. The molecule has 0 radical (unpaired) electrons. The van der Waals surface area contributed by atoms with Crippen molar-refractivity contribution in [3.8, 4) is 0 Å². The van der Waals surface area contributed by atoms with Crippen LogP contribution in [-0.2, 0) is 15.3 Å². The van der Waals surface area contributed by atoms with Crippen LogP contribution in [0.2, 0.25) is 0 Å². The number of hydrazone groups is 1. The fraction of sp³-hybridized carbons (Fsp3) is 0.333. The SMILES string of the molecule is CCOC(=O)/C(CSCc1ccccc1)=N/N. The van der Waals surface area contributed by atoms with Gasteiger partial charge >= 0.3 is 5.97 Å². The molecule has 0 fully saturated rings. The maximum atomic E-state index is 11.4. The monoisotopic (exact) mass is 252 g/mol. The third-order valence-electron chi connectivity index (χ3n) is 2.02. The van der Waals surface area contributed by atoms with Gasteiger partial charge in [0.1, 0.15) is 0 Å². The number of benzene rings is 1. The summed E-state index contributed by atoms with van der Waals surface area (Å²) in [6, 6.07) is 10.0. The molecule has 0 aromatic heterocycles. The second-order valence-electron chi connectivity index (χ2n) is 3.27. The first-order valence-electron chi connectivity index (χ1n) is 5.33. The van der Waals surface area contributed by atoms with E-state index in [1.807, 2.05) is 30.3 Å². The summed E-state index contributed by atoms with van der Waals surface area (Å²) in [4.78, 5) is 11.4. The van der Waals surface area contributed by atoms with Crippen LogP contribution in [0.4, 0.5) is 0 Å². The summed E-state index contributed by atoms with van der Waals surface area (Å²) in [5.74, 6) is 6.00. The minimum Gasteiger partial charge on any atom is -0.461 e. The zero-order valence-electron chi connectivity index (χ0n) is 9.76. The maximum absolute atomic E-state index is 11.4. The lowest BCUT2D eigenvalue weighted by Gasteiger charge is -2.04. The molecular weight excluding hydrogens is 236 g/mol. The van der Waals surface area contributed by atoms with E-state index in [0.29, 0.717) is 12.4 Å². The highest BCUT2D eigenvalue weighted by Crippen LogP contribution is 2.12. The third-order valence-corrected chi connectivity index (χ3v) is 3.03. The van der Waals surface area contributed by atoms with Gasteiger partial charge in [-0.05, 0) is 12.5 Å². The molecule has 1 rings (SSSR count). The number of nitrogens with zero attached hydrogens (tertiary/aromatic N) is 1. The number of hydrogen-bond acceptors (Lipinski definition) is 5. The van der Waals surface area contributed by atoms with Gasteiger partial charge in [-0.2, -0.15) is 16.9 Å². The van der Waals surface area contributed by atoms with Gasteiger partial charge in [-0.25, -0.2) is 4.79 Å². The second kappa shape index (κ2) is 7.73. The molecule has 5 heteroatoms. The van der Waals surface area contributed by atoms with Crippen molar-refractivity contribution < 1.29 is 9.53 Å². The van der Waals surface area contributed by atoms with Crippen LogP contribution in [0.5, 0.6) is 0 Å². The lowest BCUT2D eigenvalue weighted by molar-refractivity contribution is -0.135. The molecule has 1 aromatic rings. The van der Waals surface area contributed by atoms with Gasteiger partial charge in [0.15, 0.2) is 5.71 Å². The number of thioether (sulfide) groups is 1. The molecule has 2 N–H and O–H groups in total. The van der Waals surface area contributed by atoms with Gasteiger partial charge in [0, 0.05) is 11.5 Å². The lowest BCUT2D eigenvalue weighted by Crippen LogP contribution is -2.21. The Kier molecular flexibility index (Phi) is 6.17. The highest BCUT2D eigenvalue weighted by molar-refractivity contribution is 7.99. The van der Waals surface area contributed by atoms with E-state index in [4.69, 9.17) is 10.6 Å². The Labute approximate surface area is 105 Å². The summed E-state index contributed by atoms with van der Waals surface area (Å²) in [6.07, 6.45) is 0. The third kappa shape index (κ3) is 4.91. The van der Waals surface area contributed by atoms with Crippen LogP contribution < -0.4 is 5.84 Å². The van der Waals surface area contributed by atoms with Crippen LogP contribution in [0.15, 0.2) is 35.4 Å². The van der Waals surface area contributed by atoms with E-state index < -0.39 is 5.97 Å². The highest BCUT2D eigenvalue weighted by atomic mass is 32.2. The molecule has 0 heterocycles. The van der Waals surface area contributed by atoms with Gasteiger partial charge < -0.3 is 10.6 Å². The van der Waals surface area contributed by atoms with Gasteiger partial charge in [0.2, 0.25) is 0 Å². The second-order valence-corrected chi connectivity index (χ2v) is 4.26. The first-order chi connectivity index (χ1) is 8.27. The molecule has 0 bridgehead atoms. The van der Waals surface area contributed by atoms with Crippen LogP contribution in [0.25, 0.3) is 0 Å². The summed E-state index contributed by atoms with van der Waals surface area (Å²) in [7, 11) is 0. The smallest absolute Gasteiger partial charge is 0.355 e. The van der Waals surface area contributed by atoms with E-state index in [-0.39, 0.29) is 5.71 Å². The van der Waals surface area contributed by atoms with Gasteiger partial charge in [0.05, 0.1) is 6.61 Å². The van der Waals surface area contributed by atoms with Crippen molar-refractivity contribution in [2.24, 2.45) is 10.9 Å². The van der Waals surface area contributed by atoms with Crippen molar-refractivity contribution in [2.75, 3.05) is 12.4 Å². The average Bonchev–Trinajstić information content (AvgIpc) is 2.36. The summed E-state index contributed by atoms with van der Waals surface area (Å²) >= 11 is 1.58. The van der Waals surface area contributed by atoms with Crippen LogP contribution in [-0.4, -0.2) is 24.0 Å². The van der Waals surface area contributed by atoms with Crippen LogP contribution in [0.3, 0.4) is 0 Å². The molecule has 0 saturated heterocycles. The summed E-state index contributed by atoms with van der Waals surface area (Å²) < 4.78 is 4.83. The van der Waals surface area contributed by atoms with Gasteiger partial charge in [-0.15, -0.1) is 0 Å². The molecule has 0 aliphatic rings. The van der Waals surface area contributed by atoms with Crippen molar-refractivity contribution in [1.82, 2.24) is 0 Å². The molecule has 0 atom stereocenters. The fourth-order valence-electron chi connectivity index (χ4n) is 1.20. The first kappa shape index (κ1) is 13.6. The van der Waals surface area contributed by atoms with E-state index in [1.165, 1.54) is 5.56 Å². The zero-order chi connectivity index (χ0) is 12.5. The minimum atomic E-state index is -0.435. The van der Waals surface area contributed by atoms with Gasteiger partial charge in [-0.3, -0.25) is 0 Å². The quantitative estimate of drug-likeness (QED) is 0.363. The Morgan fingerprint density at radius 2 is 2.12 bits per heavy atom. The van der Waals surface area contributed by atoms with Crippen LogP contribution >= 0.6 is 11.8 Å². The fourth-order valence-corrected chi connectivity index (χ4v) is 2.12. The summed E-state index contributed by atoms with van der Waals surface area (Å²) in [6.45, 7) is 2.09. The predicted molar refractivity (Wildman–Crippen MR) is 70.9 cm³/mol. The molecule has 17 heavy (non-hydrogen) atoms. The zero-order valence-corrected chi connectivity index (χ0v) is 10.6. The van der Waals surface area contributed by atoms with E-state index in [9.17, 15) is 4.79 Å². The number of ether oxygens (including phenoxy) is 1. The summed E-state index contributed by atoms with van der Waals surface area (Å²) in [5, 5.41) is 3.46. The van der Waals surface area contributed by atoms with Crippen LogP contribution in [0, 0.1) is 0 Å². The Balaban J connectivity index is 2.37.